The van der Waals surface area contributed by atoms with Crippen molar-refractivity contribution in [2.24, 2.45) is 0 Å². The lowest BCUT2D eigenvalue weighted by molar-refractivity contribution is -0.384. The molecular formula is C13H15N3O3. The lowest BCUT2D eigenvalue weighted by Crippen LogP contribution is -2.08. The molecule has 0 radical (unpaired) electrons. The Balaban J connectivity index is 2.26. The van der Waals surface area contributed by atoms with Gasteiger partial charge in [0.2, 0.25) is 0 Å². The molecule has 1 N–H and O–H groups in total. The zero-order valence-electron chi connectivity index (χ0n) is 11.0. The number of rotatable bonds is 4. The average Bonchev–Trinajstić information content (AvgIpc) is 2.69. The van der Waals surface area contributed by atoms with Crippen LogP contribution in [-0.4, -0.2) is 9.91 Å². The lowest BCUT2D eigenvalue weighted by Gasteiger charge is -2.14. The standard InChI is InChI=1S/C13H15N3O3/c1-8-6-11(10(3)19-8)9(2)15-12-4-5-14-7-13(12)16(17)18/h4-7,9H,1-3H3,(H,14,15). The normalized spacial score (nSPS) is 12.2. The van der Waals surface area contributed by atoms with Crippen LogP contribution in [0.4, 0.5) is 11.4 Å². The number of hydrogen-bond donors (Lipinski definition) is 1. The van der Waals surface area contributed by atoms with Crippen LogP contribution < -0.4 is 5.32 Å². The highest BCUT2D eigenvalue weighted by Crippen LogP contribution is 2.29. The molecule has 1 unspecified atom stereocenters. The van der Waals surface area contributed by atoms with Crippen LogP contribution in [0.3, 0.4) is 0 Å². The van der Waals surface area contributed by atoms with E-state index in [0.717, 1.165) is 17.1 Å². The molecule has 0 saturated carbocycles. The topological polar surface area (TPSA) is 81.2 Å². The van der Waals surface area contributed by atoms with Crippen LogP contribution in [0, 0.1) is 24.0 Å². The second-order valence-corrected chi connectivity index (χ2v) is 4.38. The van der Waals surface area contributed by atoms with Gasteiger partial charge in [0.15, 0.2) is 0 Å². The van der Waals surface area contributed by atoms with Crippen molar-refractivity contribution in [1.82, 2.24) is 4.98 Å². The maximum absolute atomic E-state index is 10.9. The van der Waals surface area contributed by atoms with Crippen LogP contribution in [0.25, 0.3) is 0 Å². The second kappa shape index (κ2) is 5.09. The molecule has 6 nitrogen and oxygen atoms in total. The Bertz CT molecular complexity index is 607. The SMILES string of the molecule is Cc1cc(C(C)Nc2ccncc2[N+](=O)[O-])c(C)o1. The molecule has 6 heteroatoms. The third-order valence-corrected chi connectivity index (χ3v) is 2.91. The Labute approximate surface area is 110 Å². The molecule has 0 aromatic carbocycles. The predicted octanol–water partition coefficient (Wildman–Crippen LogP) is 3.37. The van der Waals surface area contributed by atoms with Gasteiger partial charge in [-0.3, -0.25) is 15.1 Å². The molecule has 2 heterocycles. The molecule has 100 valence electrons. The Morgan fingerprint density at radius 1 is 1.47 bits per heavy atom. The Morgan fingerprint density at radius 3 is 2.79 bits per heavy atom. The Kier molecular flexibility index (Phi) is 3.50. The van der Waals surface area contributed by atoms with Crippen molar-refractivity contribution < 1.29 is 9.34 Å². The maximum Gasteiger partial charge on any atom is 0.310 e. The minimum absolute atomic E-state index is 0.0350. The molecule has 2 aromatic rings. The van der Waals surface area contributed by atoms with E-state index in [1.807, 2.05) is 26.8 Å². The summed E-state index contributed by atoms with van der Waals surface area (Å²) in [6, 6.07) is 3.44. The number of anilines is 1. The summed E-state index contributed by atoms with van der Waals surface area (Å²) in [7, 11) is 0. The summed E-state index contributed by atoms with van der Waals surface area (Å²) in [4.78, 5) is 14.2. The number of nitro groups is 1. The molecule has 0 amide bonds. The first-order chi connectivity index (χ1) is 8.99. The summed E-state index contributed by atoms with van der Waals surface area (Å²) < 4.78 is 5.46. The van der Waals surface area contributed by atoms with E-state index >= 15 is 0 Å². The van der Waals surface area contributed by atoms with Crippen molar-refractivity contribution in [3.63, 3.8) is 0 Å². The molecule has 2 aromatic heterocycles. The van der Waals surface area contributed by atoms with Crippen LogP contribution in [0.2, 0.25) is 0 Å². The van der Waals surface area contributed by atoms with Crippen molar-refractivity contribution in [2.75, 3.05) is 5.32 Å². The molecule has 0 aliphatic rings. The number of aromatic nitrogens is 1. The second-order valence-electron chi connectivity index (χ2n) is 4.38. The first-order valence-corrected chi connectivity index (χ1v) is 5.91. The molecule has 0 aliphatic carbocycles. The number of nitrogens with one attached hydrogen (secondary N) is 1. The number of furan rings is 1. The zero-order chi connectivity index (χ0) is 14.0. The average molecular weight is 261 g/mol. The van der Waals surface area contributed by atoms with Crippen molar-refractivity contribution in [2.45, 2.75) is 26.8 Å². The van der Waals surface area contributed by atoms with Gasteiger partial charge < -0.3 is 9.73 Å². The van der Waals surface area contributed by atoms with Crippen molar-refractivity contribution in [3.05, 3.63) is 51.7 Å². The first kappa shape index (κ1) is 13.1. The summed E-state index contributed by atoms with van der Waals surface area (Å²) in [5.41, 5.74) is 1.40. The molecular weight excluding hydrogens is 246 g/mol. The third kappa shape index (κ3) is 2.73. The highest BCUT2D eigenvalue weighted by Gasteiger charge is 2.18. The largest absolute Gasteiger partial charge is 0.466 e. The van der Waals surface area contributed by atoms with E-state index in [-0.39, 0.29) is 11.7 Å². The highest BCUT2D eigenvalue weighted by atomic mass is 16.6. The van der Waals surface area contributed by atoms with Gasteiger partial charge in [-0.05, 0) is 32.9 Å². The number of aryl methyl sites for hydroxylation is 2. The molecule has 0 fully saturated rings. The molecule has 19 heavy (non-hydrogen) atoms. The molecule has 0 bridgehead atoms. The zero-order valence-corrected chi connectivity index (χ0v) is 11.0. The fourth-order valence-corrected chi connectivity index (χ4v) is 2.05. The van der Waals surface area contributed by atoms with Gasteiger partial charge in [-0.1, -0.05) is 0 Å². The van der Waals surface area contributed by atoms with Gasteiger partial charge in [0, 0.05) is 11.8 Å². The first-order valence-electron chi connectivity index (χ1n) is 5.91. The van der Waals surface area contributed by atoms with Gasteiger partial charge in [0.05, 0.1) is 11.0 Å². The van der Waals surface area contributed by atoms with E-state index in [2.05, 4.69) is 10.3 Å². The van der Waals surface area contributed by atoms with E-state index in [0.29, 0.717) is 5.69 Å². The smallest absolute Gasteiger partial charge is 0.310 e. The minimum atomic E-state index is -0.449. The Hall–Kier alpha value is -2.37. The fraction of sp³-hybridized carbons (Fsp3) is 0.308. The summed E-state index contributed by atoms with van der Waals surface area (Å²) in [6.07, 6.45) is 2.76. The predicted molar refractivity (Wildman–Crippen MR) is 71.1 cm³/mol. The maximum atomic E-state index is 10.9. The summed E-state index contributed by atoms with van der Waals surface area (Å²) in [5.74, 6) is 1.64. The third-order valence-electron chi connectivity index (χ3n) is 2.91. The minimum Gasteiger partial charge on any atom is -0.466 e. The van der Waals surface area contributed by atoms with E-state index < -0.39 is 4.92 Å². The van der Waals surface area contributed by atoms with Crippen LogP contribution in [0.15, 0.2) is 28.9 Å². The van der Waals surface area contributed by atoms with E-state index in [9.17, 15) is 10.1 Å². The van der Waals surface area contributed by atoms with Gasteiger partial charge in [0.1, 0.15) is 23.4 Å². The van der Waals surface area contributed by atoms with Gasteiger partial charge in [-0.2, -0.15) is 0 Å². The molecule has 0 saturated heterocycles. The highest BCUT2D eigenvalue weighted by molar-refractivity contribution is 5.60. The van der Waals surface area contributed by atoms with Crippen LogP contribution in [0.1, 0.15) is 30.0 Å². The quantitative estimate of drug-likeness (QED) is 0.674. The van der Waals surface area contributed by atoms with Crippen molar-refractivity contribution in [1.29, 1.82) is 0 Å². The van der Waals surface area contributed by atoms with Crippen LogP contribution >= 0.6 is 0 Å². The summed E-state index contributed by atoms with van der Waals surface area (Å²) in [6.45, 7) is 5.68. The van der Waals surface area contributed by atoms with Gasteiger partial charge in [-0.15, -0.1) is 0 Å². The number of hydrogen-bond acceptors (Lipinski definition) is 5. The van der Waals surface area contributed by atoms with Gasteiger partial charge in [-0.25, -0.2) is 0 Å². The summed E-state index contributed by atoms with van der Waals surface area (Å²) in [5, 5.41) is 14.0. The van der Waals surface area contributed by atoms with Crippen LogP contribution in [-0.2, 0) is 0 Å². The lowest BCUT2D eigenvalue weighted by atomic mass is 10.1. The molecule has 0 spiro atoms. The van der Waals surface area contributed by atoms with Crippen LogP contribution in [0.5, 0.6) is 0 Å². The number of nitrogens with zero attached hydrogens (tertiary/aromatic N) is 2. The van der Waals surface area contributed by atoms with Crippen molar-refractivity contribution in [3.8, 4) is 0 Å². The Morgan fingerprint density at radius 2 is 2.21 bits per heavy atom. The molecule has 1 atom stereocenters. The van der Waals surface area contributed by atoms with Gasteiger partial charge in [0.25, 0.3) is 0 Å². The van der Waals surface area contributed by atoms with E-state index in [1.54, 1.807) is 6.07 Å². The monoisotopic (exact) mass is 261 g/mol. The van der Waals surface area contributed by atoms with E-state index in [1.165, 1.54) is 12.4 Å². The summed E-state index contributed by atoms with van der Waals surface area (Å²) >= 11 is 0. The number of pyridine rings is 1. The van der Waals surface area contributed by atoms with E-state index in [4.69, 9.17) is 4.42 Å². The molecule has 0 aliphatic heterocycles. The van der Waals surface area contributed by atoms with Crippen molar-refractivity contribution >= 4 is 11.4 Å². The fourth-order valence-electron chi connectivity index (χ4n) is 2.05. The van der Waals surface area contributed by atoms with Gasteiger partial charge >= 0.3 is 5.69 Å². The molecule has 2 rings (SSSR count).